The lowest BCUT2D eigenvalue weighted by molar-refractivity contribution is -0.125. The quantitative estimate of drug-likeness (QED) is 0.388. The van der Waals surface area contributed by atoms with Gasteiger partial charge in [0.2, 0.25) is 11.8 Å². The van der Waals surface area contributed by atoms with E-state index in [0.29, 0.717) is 19.6 Å². The molecule has 0 heterocycles. The van der Waals surface area contributed by atoms with Gasteiger partial charge in [0.25, 0.3) is 0 Å². The first-order chi connectivity index (χ1) is 10.1. The van der Waals surface area contributed by atoms with E-state index in [9.17, 15) is 9.59 Å². The van der Waals surface area contributed by atoms with Gasteiger partial charge < -0.3 is 9.80 Å². The van der Waals surface area contributed by atoms with Gasteiger partial charge in [0.15, 0.2) is 0 Å². The summed E-state index contributed by atoms with van der Waals surface area (Å²) in [5.41, 5.74) is 0. The summed E-state index contributed by atoms with van der Waals surface area (Å²) in [6, 6.07) is 0. The maximum Gasteiger partial charge on any atom is 0.247 e. The van der Waals surface area contributed by atoms with Gasteiger partial charge in [0.05, 0.1) is 13.1 Å². The number of carbonyl (C=O) groups excluding carboxylic acids is 2. The zero-order valence-electron chi connectivity index (χ0n) is 12.5. The van der Waals surface area contributed by atoms with E-state index in [-0.39, 0.29) is 18.4 Å². The molecule has 0 atom stereocenters. The van der Waals surface area contributed by atoms with Crippen LogP contribution in [0.5, 0.6) is 0 Å². The monoisotopic (exact) mass is 286 g/mol. The number of rotatable bonds is 8. The van der Waals surface area contributed by atoms with Crippen LogP contribution in [0.25, 0.3) is 0 Å². The van der Waals surface area contributed by atoms with Crippen molar-refractivity contribution in [3.05, 3.63) is 50.1 Å². The molecular formula is C17H22N2O2. The van der Waals surface area contributed by atoms with E-state index in [1.165, 1.54) is 17.1 Å². The molecular weight excluding hydrogens is 264 g/mol. The van der Waals surface area contributed by atoms with Gasteiger partial charge in [-0.25, -0.2) is 0 Å². The minimum absolute atomic E-state index is 0.174. The molecule has 0 aromatic rings. The van der Waals surface area contributed by atoms with Crippen LogP contribution in [0.15, 0.2) is 50.1 Å². The highest BCUT2D eigenvalue weighted by atomic mass is 16.2. The van der Waals surface area contributed by atoms with E-state index >= 15 is 0 Å². The summed E-state index contributed by atoms with van der Waals surface area (Å²) in [5, 5.41) is 0. The van der Waals surface area contributed by atoms with E-state index in [1.807, 2.05) is 19.1 Å². The highest BCUT2D eigenvalue weighted by molar-refractivity contribution is 5.87. The molecule has 0 rings (SSSR count). The SMILES string of the molecule is C=CCN(CC#CCN(C/C=C\C)C(=O)C=C)C(=O)C=C. The third-order valence-electron chi connectivity index (χ3n) is 2.55. The molecule has 0 radical (unpaired) electrons. The standard InChI is InChI=1S/C17H22N2O2/c1-5-9-13-19(17(21)8-4)15-11-10-14-18(12-6-2)16(20)7-3/h5-9H,2-4,12-15H2,1H3/b9-5-. The van der Waals surface area contributed by atoms with Gasteiger partial charge in [0, 0.05) is 13.1 Å². The number of hydrogen-bond acceptors (Lipinski definition) is 2. The van der Waals surface area contributed by atoms with Crippen LogP contribution in [0, 0.1) is 11.8 Å². The van der Waals surface area contributed by atoms with Crippen LogP contribution < -0.4 is 0 Å². The highest BCUT2D eigenvalue weighted by Crippen LogP contribution is 1.93. The summed E-state index contributed by atoms with van der Waals surface area (Å²) in [6.07, 6.45) is 7.86. The van der Waals surface area contributed by atoms with E-state index in [1.54, 1.807) is 11.0 Å². The van der Waals surface area contributed by atoms with Crippen molar-refractivity contribution in [2.75, 3.05) is 26.2 Å². The number of amides is 2. The predicted molar refractivity (Wildman–Crippen MR) is 86.3 cm³/mol. The fourth-order valence-corrected chi connectivity index (χ4v) is 1.41. The molecule has 0 saturated carbocycles. The van der Waals surface area contributed by atoms with Crippen molar-refractivity contribution in [3.63, 3.8) is 0 Å². The molecule has 4 nitrogen and oxygen atoms in total. The van der Waals surface area contributed by atoms with Gasteiger partial charge in [-0.05, 0) is 19.1 Å². The Morgan fingerprint density at radius 2 is 1.43 bits per heavy atom. The third-order valence-corrected chi connectivity index (χ3v) is 2.55. The minimum atomic E-state index is -0.197. The van der Waals surface area contributed by atoms with Crippen molar-refractivity contribution in [1.82, 2.24) is 9.80 Å². The van der Waals surface area contributed by atoms with Crippen molar-refractivity contribution >= 4 is 11.8 Å². The Morgan fingerprint density at radius 1 is 0.952 bits per heavy atom. The van der Waals surface area contributed by atoms with Gasteiger partial charge in [-0.3, -0.25) is 9.59 Å². The van der Waals surface area contributed by atoms with Gasteiger partial charge in [-0.1, -0.05) is 43.2 Å². The normalized spacial score (nSPS) is 9.38. The molecule has 0 aromatic carbocycles. The Bertz CT molecular complexity index is 481. The van der Waals surface area contributed by atoms with Crippen LogP contribution in [0.1, 0.15) is 6.92 Å². The van der Waals surface area contributed by atoms with Crippen LogP contribution in [0.2, 0.25) is 0 Å². The van der Waals surface area contributed by atoms with Crippen LogP contribution >= 0.6 is 0 Å². The van der Waals surface area contributed by atoms with E-state index in [2.05, 4.69) is 31.6 Å². The smallest absolute Gasteiger partial charge is 0.247 e. The second kappa shape index (κ2) is 11.3. The first-order valence-electron chi connectivity index (χ1n) is 6.61. The lowest BCUT2D eigenvalue weighted by Gasteiger charge is -2.17. The molecule has 0 aromatic heterocycles. The van der Waals surface area contributed by atoms with Crippen LogP contribution in [-0.4, -0.2) is 47.8 Å². The molecule has 0 N–H and O–H groups in total. The predicted octanol–water partition coefficient (Wildman–Crippen LogP) is 1.78. The molecule has 0 saturated heterocycles. The molecule has 0 spiro atoms. The molecule has 0 aliphatic heterocycles. The summed E-state index contributed by atoms with van der Waals surface area (Å²) in [5.74, 6) is 5.40. The van der Waals surface area contributed by atoms with Crippen molar-refractivity contribution in [1.29, 1.82) is 0 Å². The average Bonchev–Trinajstić information content (AvgIpc) is 2.51. The molecule has 0 aliphatic rings. The topological polar surface area (TPSA) is 40.6 Å². The third kappa shape index (κ3) is 7.58. The largest absolute Gasteiger partial charge is 0.324 e. The minimum Gasteiger partial charge on any atom is -0.324 e. The summed E-state index contributed by atoms with van der Waals surface area (Å²) >= 11 is 0. The Balaban J connectivity index is 4.61. The molecule has 21 heavy (non-hydrogen) atoms. The van der Waals surface area contributed by atoms with Gasteiger partial charge in [-0.2, -0.15) is 0 Å². The van der Waals surface area contributed by atoms with E-state index < -0.39 is 0 Å². The first-order valence-corrected chi connectivity index (χ1v) is 6.61. The van der Waals surface area contributed by atoms with Crippen molar-refractivity contribution < 1.29 is 9.59 Å². The second-order valence-corrected chi connectivity index (χ2v) is 4.06. The van der Waals surface area contributed by atoms with Crippen molar-refractivity contribution in [2.24, 2.45) is 0 Å². The Hall–Kier alpha value is -2.54. The fraction of sp³-hybridized carbons (Fsp3) is 0.294. The number of hydrogen-bond donors (Lipinski definition) is 0. The van der Waals surface area contributed by atoms with Gasteiger partial charge in [-0.15, -0.1) is 6.58 Å². The summed E-state index contributed by atoms with van der Waals surface area (Å²) in [4.78, 5) is 26.2. The zero-order valence-corrected chi connectivity index (χ0v) is 12.5. The Kier molecular flexibility index (Phi) is 9.93. The van der Waals surface area contributed by atoms with E-state index in [4.69, 9.17) is 0 Å². The van der Waals surface area contributed by atoms with Gasteiger partial charge >= 0.3 is 0 Å². The summed E-state index contributed by atoms with van der Waals surface area (Å²) in [7, 11) is 0. The molecule has 112 valence electrons. The van der Waals surface area contributed by atoms with Crippen molar-refractivity contribution in [3.8, 4) is 11.8 Å². The summed E-state index contributed by atoms with van der Waals surface area (Å²) in [6.45, 7) is 13.8. The number of allylic oxidation sites excluding steroid dienone is 1. The second-order valence-electron chi connectivity index (χ2n) is 4.06. The maximum absolute atomic E-state index is 11.6. The lowest BCUT2D eigenvalue weighted by atomic mass is 10.3. The fourth-order valence-electron chi connectivity index (χ4n) is 1.41. The Morgan fingerprint density at radius 3 is 1.81 bits per heavy atom. The molecule has 0 bridgehead atoms. The Labute approximate surface area is 127 Å². The molecule has 2 amide bonds. The zero-order chi connectivity index (χ0) is 16.1. The number of carbonyl (C=O) groups is 2. The lowest BCUT2D eigenvalue weighted by Crippen LogP contribution is -2.31. The molecule has 0 unspecified atom stereocenters. The van der Waals surface area contributed by atoms with Gasteiger partial charge in [0.1, 0.15) is 0 Å². The first kappa shape index (κ1) is 18.5. The number of nitrogens with zero attached hydrogens (tertiary/aromatic N) is 2. The molecule has 0 aliphatic carbocycles. The average molecular weight is 286 g/mol. The molecule has 4 heteroatoms. The van der Waals surface area contributed by atoms with Crippen LogP contribution in [-0.2, 0) is 9.59 Å². The van der Waals surface area contributed by atoms with E-state index in [0.717, 1.165) is 0 Å². The van der Waals surface area contributed by atoms with Crippen LogP contribution in [0.4, 0.5) is 0 Å². The highest BCUT2D eigenvalue weighted by Gasteiger charge is 2.07. The summed E-state index contributed by atoms with van der Waals surface area (Å²) < 4.78 is 0. The van der Waals surface area contributed by atoms with Crippen molar-refractivity contribution in [2.45, 2.75) is 6.92 Å². The van der Waals surface area contributed by atoms with Crippen LogP contribution in [0.3, 0.4) is 0 Å². The molecule has 0 fully saturated rings. The maximum atomic E-state index is 11.6.